The molecule has 4 rings (SSSR count). The average Bonchev–Trinajstić information content (AvgIpc) is 3.11. The topological polar surface area (TPSA) is 63.5 Å². The molecule has 0 aliphatic carbocycles. The highest BCUT2D eigenvalue weighted by molar-refractivity contribution is 5.77. The zero-order valence-electron chi connectivity index (χ0n) is 16.6. The molecule has 2 aromatic heterocycles. The summed E-state index contributed by atoms with van der Waals surface area (Å²) >= 11 is 0. The fourth-order valence-electron chi connectivity index (χ4n) is 4.12. The summed E-state index contributed by atoms with van der Waals surface area (Å²) in [7, 11) is 0. The van der Waals surface area contributed by atoms with E-state index in [1.165, 1.54) is 0 Å². The van der Waals surface area contributed by atoms with E-state index in [9.17, 15) is 4.79 Å². The van der Waals surface area contributed by atoms with Crippen LogP contribution < -0.4 is 0 Å². The maximum absolute atomic E-state index is 12.9. The fraction of sp³-hybridized carbons (Fsp3) is 0.571. The number of rotatable bonds is 5. The van der Waals surface area contributed by atoms with Crippen LogP contribution in [-0.4, -0.2) is 62.3 Å². The quantitative estimate of drug-likeness (QED) is 0.791. The smallest absolute Gasteiger partial charge is 0.225 e. The van der Waals surface area contributed by atoms with Gasteiger partial charge in [0.15, 0.2) is 0 Å². The van der Waals surface area contributed by atoms with Gasteiger partial charge in [-0.25, -0.2) is 0 Å². The van der Waals surface area contributed by atoms with E-state index in [-0.39, 0.29) is 11.5 Å². The van der Waals surface area contributed by atoms with Crippen LogP contribution in [0.5, 0.6) is 0 Å². The third-order valence-electron chi connectivity index (χ3n) is 5.85. The van der Waals surface area contributed by atoms with Crippen LogP contribution in [0, 0.1) is 0 Å². The Kier molecular flexibility index (Phi) is 5.73. The van der Waals surface area contributed by atoms with Gasteiger partial charge in [0.25, 0.3) is 0 Å². The summed E-state index contributed by atoms with van der Waals surface area (Å²) in [4.78, 5) is 21.7. The summed E-state index contributed by atoms with van der Waals surface area (Å²) in [5.74, 6) is 0.182. The Bertz CT molecular complexity index is 783. The maximum atomic E-state index is 12.9. The monoisotopic (exact) mass is 383 g/mol. The van der Waals surface area contributed by atoms with Gasteiger partial charge in [0.1, 0.15) is 0 Å². The van der Waals surface area contributed by atoms with Crippen LogP contribution in [0.3, 0.4) is 0 Å². The summed E-state index contributed by atoms with van der Waals surface area (Å²) in [5.41, 5.74) is 1.72. The van der Waals surface area contributed by atoms with Gasteiger partial charge in [-0.15, -0.1) is 0 Å². The molecule has 2 fully saturated rings. The molecule has 28 heavy (non-hydrogen) atoms. The van der Waals surface area contributed by atoms with E-state index in [0.29, 0.717) is 26.1 Å². The lowest BCUT2D eigenvalue weighted by Gasteiger charge is -2.40. The molecule has 0 N–H and O–H groups in total. The van der Waals surface area contributed by atoms with Gasteiger partial charge in [-0.2, -0.15) is 5.10 Å². The maximum Gasteiger partial charge on any atom is 0.225 e. The second-order valence-corrected chi connectivity index (χ2v) is 7.78. The van der Waals surface area contributed by atoms with E-state index < -0.39 is 0 Å². The van der Waals surface area contributed by atoms with Gasteiger partial charge in [-0.05, 0) is 38.0 Å². The van der Waals surface area contributed by atoms with Crippen molar-refractivity contribution in [3.05, 3.63) is 48.0 Å². The number of hydrogen-bond donors (Lipinski definition) is 0. The van der Waals surface area contributed by atoms with Gasteiger partial charge in [0.2, 0.25) is 5.91 Å². The summed E-state index contributed by atoms with van der Waals surface area (Å²) < 4.78 is 8.16. The molecule has 150 valence electrons. The van der Waals surface area contributed by atoms with E-state index in [2.05, 4.69) is 28.0 Å². The van der Waals surface area contributed by atoms with Crippen LogP contribution in [-0.2, 0) is 29.2 Å². The number of likely N-dealkylation sites (tertiary alicyclic amines) is 1. The lowest BCUT2D eigenvalue weighted by molar-refractivity contribution is -0.136. The van der Waals surface area contributed by atoms with Crippen LogP contribution in [0.4, 0.5) is 0 Å². The highest BCUT2D eigenvalue weighted by Gasteiger charge is 2.40. The lowest BCUT2D eigenvalue weighted by Crippen LogP contribution is -2.47. The van der Waals surface area contributed by atoms with Crippen LogP contribution in [0.2, 0.25) is 0 Å². The zero-order chi connectivity index (χ0) is 19.4. The SMILES string of the molecule is CCn1ccc(CN2CCOC3(CCN(Cc4ccccn4)CC3)CC2=O)n1. The minimum absolute atomic E-state index is 0.182. The molecular formula is C21H29N5O2. The molecule has 7 heteroatoms. The average molecular weight is 383 g/mol. The van der Waals surface area contributed by atoms with E-state index >= 15 is 0 Å². The first-order valence-corrected chi connectivity index (χ1v) is 10.2. The standard InChI is InChI=1S/C21H29N5O2/c1-2-26-10-6-19(23-26)17-25-13-14-28-21(15-20(25)27)7-11-24(12-8-21)16-18-5-3-4-9-22-18/h3-6,9-10H,2,7-8,11-17H2,1H3. The molecule has 2 saturated heterocycles. The number of aryl methyl sites for hydroxylation is 1. The van der Waals surface area contributed by atoms with Crippen molar-refractivity contribution in [1.82, 2.24) is 24.6 Å². The van der Waals surface area contributed by atoms with Crippen molar-refractivity contribution >= 4 is 5.91 Å². The molecule has 0 bridgehead atoms. The van der Waals surface area contributed by atoms with Crippen molar-refractivity contribution < 1.29 is 9.53 Å². The Balaban J connectivity index is 1.33. The van der Waals surface area contributed by atoms with Gasteiger partial charge in [0, 0.05) is 45.1 Å². The molecule has 0 radical (unpaired) electrons. The predicted octanol–water partition coefficient (Wildman–Crippen LogP) is 2.08. The van der Waals surface area contributed by atoms with Crippen molar-refractivity contribution in [1.29, 1.82) is 0 Å². The molecule has 4 heterocycles. The number of carbonyl (C=O) groups is 1. The normalized spacial score (nSPS) is 20.5. The fourth-order valence-corrected chi connectivity index (χ4v) is 4.12. The first kappa shape index (κ1) is 19.1. The largest absolute Gasteiger partial charge is 0.373 e. The first-order valence-electron chi connectivity index (χ1n) is 10.2. The van der Waals surface area contributed by atoms with Gasteiger partial charge >= 0.3 is 0 Å². The van der Waals surface area contributed by atoms with Crippen LogP contribution in [0.15, 0.2) is 36.7 Å². The van der Waals surface area contributed by atoms with Crippen LogP contribution in [0.1, 0.15) is 37.6 Å². The second kappa shape index (κ2) is 8.41. The molecule has 0 atom stereocenters. The van der Waals surface area contributed by atoms with Crippen LogP contribution >= 0.6 is 0 Å². The van der Waals surface area contributed by atoms with Crippen molar-refractivity contribution in [2.24, 2.45) is 0 Å². The Morgan fingerprint density at radius 3 is 2.68 bits per heavy atom. The zero-order valence-corrected chi connectivity index (χ0v) is 16.6. The Morgan fingerprint density at radius 2 is 1.96 bits per heavy atom. The van der Waals surface area contributed by atoms with Gasteiger partial charge < -0.3 is 9.64 Å². The molecule has 0 unspecified atom stereocenters. The van der Waals surface area contributed by atoms with E-state index in [0.717, 1.165) is 50.4 Å². The molecule has 1 amide bonds. The Morgan fingerprint density at radius 1 is 1.11 bits per heavy atom. The minimum Gasteiger partial charge on any atom is -0.373 e. The van der Waals surface area contributed by atoms with E-state index in [1.54, 1.807) is 0 Å². The summed E-state index contributed by atoms with van der Waals surface area (Å²) in [5, 5.41) is 4.51. The molecule has 2 aliphatic rings. The minimum atomic E-state index is -0.310. The predicted molar refractivity (Wildman–Crippen MR) is 105 cm³/mol. The molecule has 1 spiro atoms. The summed E-state index contributed by atoms with van der Waals surface area (Å²) in [6.07, 6.45) is 6.06. The van der Waals surface area contributed by atoms with Crippen molar-refractivity contribution in [2.75, 3.05) is 26.2 Å². The molecule has 0 aromatic carbocycles. The van der Waals surface area contributed by atoms with E-state index in [4.69, 9.17) is 4.74 Å². The Labute approximate surface area is 166 Å². The molecule has 2 aliphatic heterocycles. The van der Waals surface area contributed by atoms with Crippen molar-refractivity contribution in [3.63, 3.8) is 0 Å². The number of piperidine rings is 1. The molecular weight excluding hydrogens is 354 g/mol. The van der Waals surface area contributed by atoms with E-state index in [1.807, 2.05) is 40.2 Å². The second-order valence-electron chi connectivity index (χ2n) is 7.78. The van der Waals surface area contributed by atoms with Crippen LogP contribution in [0.25, 0.3) is 0 Å². The molecule has 2 aromatic rings. The third kappa shape index (κ3) is 4.42. The van der Waals surface area contributed by atoms with Crippen molar-refractivity contribution in [3.8, 4) is 0 Å². The summed E-state index contributed by atoms with van der Waals surface area (Å²) in [6.45, 7) is 7.43. The highest BCUT2D eigenvalue weighted by atomic mass is 16.5. The Hall–Kier alpha value is -2.25. The summed E-state index contributed by atoms with van der Waals surface area (Å²) in [6, 6.07) is 8.03. The number of amides is 1. The number of ether oxygens (including phenoxy) is 1. The number of pyridine rings is 1. The van der Waals surface area contributed by atoms with Gasteiger partial charge in [-0.3, -0.25) is 19.4 Å². The number of hydrogen-bond acceptors (Lipinski definition) is 5. The first-order chi connectivity index (χ1) is 13.7. The molecule has 0 saturated carbocycles. The third-order valence-corrected chi connectivity index (χ3v) is 5.85. The van der Waals surface area contributed by atoms with Gasteiger partial charge in [0.05, 0.1) is 36.6 Å². The molecule has 7 nitrogen and oxygen atoms in total. The highest BCUT2D eigenvalue weighted by Crippen LogP contribution is 2.33. The number of carbonyl (C=O) groups excluding carboxylic acids is 1. The lowest BCUT2D eigenvalue weighted by atomic mass is 9.87. The van der Waals surface area contributed by atoms with Crippen molar-refractivity contribution in [2.45, 2.75) is 51.4 Å². The number of nitrogens with zero attached hydrogens (tertiary/aromatic N) is 5. The number of aromatic nitrogens is 3. The van der Waals surface area contributed by atoms with Gasteiger partial charge in [-0.1, -0.05) is 6.07 Å².